The van der Waals surface area contributed by atoms with E-state index in [1.165, 1.54) is 11.1 Å². The number of hydrogen-bond donors (Lipinski definition) is 0. The molecular weight excluding hydrogens is 368 g/mol. The van der Waals surface area contributed by atoms with Crippen molar-refractivity contribution in [1.82, 2.24) is 5.01 Å². The van der Waals surface area contributed by atoms with E-state index in [0.717, 1.165) is 39.6 Å². The van der Waals surface area contributed by atoms with Gasteiger partial charge in [0, 0.05) is 22.6 Å². The molecule has 0 N–H and O–H groups in total. The number of hydrogen-bond acceptors (Lipinski definition) is 3. The van der Waals surface area contributed by atoms with Crippen LogP contribution in [0.2, 0.25) is 5.02 Å². The van der Waals surface area contributed by atoms with Crippen molar-refractivity contribution in [3.8, 4) is 5.75 Å². The first kappa shape index (κ1) is 17.3. The van der Waals surface area contributed by atoms with E-state index in [1.807, 2.05) is 18.2 Å². The summed E-state index contributed by atoms with van der Waals surface area (Å²) in [5, 5.41) is 7.82. The molecule has 3 aromatic rings. The fourth-order valence-corrected chi connectivity index (χ4v) is 4.11. The van der Waals surface area contributed by atoms with Gasteiger partial charge in [0.25, 0.3) is 0 Å². The highest BCUT2D eigenvalue weighted by molar-refractivity contribution is 6.30. The molecule has 0 aliphatic carbocycles. The van der Waals surface area contributed by atoms with Gasteiger partial charge in [-0.3, -0.25) is 0 Å². The summed E-state index contributed by atoms with van der Waals surface area (Å²) in [5.41, 5.74) is 6.92. The van der Waals surface area contributed by atoms with Gasteiger partial charge in [-0.2, -0.15) is 5.10 Å². The van der Waals surface area contributed by atoms with E-state index in [-0.39, 0.29) is 12.3 Å². The predicted molar refractivity (Wildman–Crippen MR) is 113 cm³/mol. The van der Waals surface area contributed by atoms with Gasteiger partial charge >= 0.3 is 0 Å². The largest absolute Gasteiger partial charge is 0.464 e. The van der Waals surface area contributed by atoms with Crippen LogP contribution in [0.3, 0.4) is 0 Å². The normalized spacial score (nSPS) is 20.2. The maximum atomic E-state index is 6.39. The van der Waals surface area contributed by atoms with Crippen molar-refractivity contribution in [2.24, 2.45) is 5.10 Å². The molecule has 0 fully saturated rings. The Labute approximate surface area is 170 Å². The molecule has 28 heavy (non-hydrogen) atoms. The molecule has 2 heterocycles. The van der Waals surface area contributed by atoms with Crippen LogP contribution >= 0.6 is 11.6 Å². The van der Waals surface area contributed by atoms with Crippen LogP contribution in [0.5, 0.6) is 5.75 Å². The predicted octanol–water partition coefficient (Wildman–Crippen LogP) is 6.20. The van der Waals surface area contributed by atoms with Gasteiger partial charge in [-0.15, -0.1) is 0 Å². The van der Waals surface area contributed by atoms with Crippen LogP contribution in [0, 0.1) is 13.8 Å². The van der Waals surface area contributed by atoms with Crippen LogP contribution in [0.4, 0.5) is 0 Å². The molecule has 3 nitrogen and oxygen atoms in total. The molecule has 0 saturated heterocycles. The van der Waals surface area contributed by atoms with Gasteiger partial charge in [-0.25, -0.2) is 5.01 Å². The Morgan fingerprint density at radius 1 is 0.929 bits per heavy atom. The smallest absolute Gasteiger partial charge is 0.213 e. The molecule has 5 rings (SSSR count). The second kappa shape index (κ2) is 6.68. The fraction of sp³-hybridized carbons (Fsp3) is 0.208. The van der Waals surface area contributed by atoms with Crippen molar-refractivity contribution in [2.45, 2.75) is 32.5 Å². The molecule has 0 radical (unpaired) electrons. The molecular formula is C24H21ClN2O. The van der Waals surface area contributed by atoms with Crippen LogP contribution < -0.4 is 4.74 Å². The number of ether oxygens (including phenoxy) is 1. The number of halogens is 1. The Kier molecular flexibility index (Phi) is 4.13. The molecule has 2 aliphatic rings. The minimum Gasteiger partial charge on any atom is -0.464 e. The summed E-state index contributed by atoms with van der Waals surface area (Å²) in [5.74, 6) is 0.886. The van der Waals surface area contributed by atoms with Gasteiger partial charge in [0.05, 0.1) is 11.8 Å². The first-order valence-electron chi connectivity index (χ1n) is 9.54. The van der Waals surface area contributed by atoms with Crippen molar-refractivity contribution in [2.75, 3.05) is 0 Å². The Balaban J connectivity index is 1.59. The van der Waals surface area contributed by atoms with Crippen molar-refractivity contribution in [1.29, 1.82) is 0 Å². The van der Waals surface area contributed by atoms with Crippen molar-refractivity contribution in [3.63, 3.8) is 0 Å². The molecule has 0 amide bonds. The Morgan fingerprint density at radius 3 is 2.32 bits per heavy atom. The highest BCUT2D eigenvalue weighted by Gasteiger charge is 2.41. The van der Waals surface area contributed by atoms with Gasteiger partial charge in [-0.1, -0.05) is 71.3 Å². The molecule has 140 valence electrons. The number of aryl methyl sites for hydroxylation is 2. The minimum atomic E-state index is -0.248. The Bertz CT molecular complexity index is 1060. The van der Waals surface area contributed by atoms with Gasteiger partial charge in [0.2, 0.25) is 6.23 Å². The van der Waals surface area contributed by atoms with Gasteiger partial charge in [0.1, 0.15) is 5.75 Å². The summed E-state index contributed by atoms with van der Waals surface area (Å²) in [6, 6.07) is 23.0. The fourth-order valence-electron chi connectivity index (χ4n) is 3.93. The maximum Gasteiger partial charge on any atom is 0.213 e. The number of nitrogens with zero attached hydrogens (tertiary/aromatic N) is 2. The van der Waals surface area contributed by atoms with Gasteiger partial charge in [-0.05, 0) is 37.6 Å². The van der Waals surface area contributed by atoms with E-state index in [9.17, 15) is 0 Å². The van der Waals surface area contributed by atoms with Gasteiger partial charge < -0.3 is 4.74 Å². The lowest BCUT2D eigenvalue weighted by molar-refractivity contribution is -0.0190. The summed E-state index contributed by atoms with van der Waals surface area (Å²) in [4.78, 5) is 0. The molecule has 2 unspecified atom stereocenters. The summed E-state index contributed by atoms with van der Waals surface area (Å²) in [7, 11) is 0. The molecule has 3 aromatic carbocycles. The van der Waals surface area contributed by atoms with Crippen LogP contribution in [0.1, 0.15) is 46.5 Å². The number of fused-ring (bicyclic) bond motifs is 3. The zero-order valence-corrected chi connectivity index (χ0v) is 16.6. The SMILES string of the molecule is Cc1ccc(C2=NN3C(C2)c2cc(Cl)ccc2OC3c2ccc(C)cc2)cc1. The van der Waals surface area contributed by atoms with E-state index >= 15 is 0 Å². The zero-order valence-electron chi connectivity index (χ0n) is 15.9. The summed E-state index contributed by atoms with van der Waals surface area (Å²) < 4.78 is 6.39. The summed E-state index contributed by atoms with van der Waals surface area (Å²) >= 11 is 6.30. The molecule has 0 aromatic heterocycles. The average molecular weight is 389 g/mol. The molecule has 2 atom stereocenters. The van der Waals surface area contributed by atoms with Crippen LogP contribution in [-0.2, 0) is 0 Å². The van der Waals surface area contributed by atoms with Crippen molar-refractivity contribution < 1.29 is 4.74 Å². The number of hydrazone groups is 1. The maximum absolute atomic E-state index is 6.39. The summed E-state index contributed by atoms with van der Waals surface area (Å²) in [6.45, 7) is 4.19. The topological polar surface area (TPSA) is 24.8 Å². The first-order chi connectivity index (χ1) is 13.6. The Hall–Kier alpha value is -2.78. The number of rotatable bonds is 2. The lowest BCUT2D eigenvalue weighted by Gasteiger charge is -2.38. The summed E-state index contributed by atoms with van der Waals surface area (Å²) in [6.07, 6.45) is 0.588. The third kappa shape index (κ3) is 2.96. The van der Waals surface area contributed by atoms with E-state index in [0.29, 0.717) is 0 Å². The average Bonchev–Trinajstić information content (AvgIpc) is 3.14. The van der Waals surface area contributed by atoms with E-state index in [2.05, 4.69) is 67.4 Å². The molecule has 4 heteroatoms. The lowest BCUT2D eigenvalue weighted by atomic mass is 9.95. The first-order valence-corrected chi connectivity index (χ1v) is 9.92. The van der Waals surface area contributed by atoms with E-state index in [4.69, 9.17) is 21.4 Å². The van der Waals surface area contributed by atoms with Crippen LogP contribution in [-0.4, -0.2) is 10.7 Å². The van der Waals surface area contributed by atoms with Crippen LogP contribution in [0.15, 0.2) is 71.8 Å². The van der Waals surface area contributed by atoms with Gasteiger partial charge in [0.15, 0.2) is 0 Å². The van der Waals surface area contributed by atoms with E-state index in [1.54, 1.807) is 0 Å². The highest BCUT2D eigenvalue weighted by atomic mass is 35.5. The third-order valence-electron chi connectivity index (χ3n) is 5.50. The van der Waals surface area contributed by atoms with Crippen LogP contribution in [0.25, 0.3) is 0 Å². The third-order valence-corrected chi connectivity index (χ3v) is 5.73. The zero-order chi connectivity index (χ0) is 19.3. The Morgan fingerprint density at radius 2 is 1.61 bits per heavy atom. The monoisotopic (exact) mass is 388 g/mol. The lowest BCUT2D eigenvalue weighted by Crippen LogP contribution is -2.33. The van der Waals surface area contributed by atoms with Crippen molar-refractivity contribution >= 4 is 17.3 Å². The van der Waals surface area contributed by atoms with Crippen molar-refractivity contribution in [3.05, 3.63) is 99.6 Å². The second-order valence-corrected chi connectivity index (χ2v) is 8.01. The van der Waals surface area contributed by atoms with E-state index < -0.39 is 0 Å². The molecule has 0 spiro atoms. The number of benzene rings is 3. The highest BCUT2D eigenvalue weighted by Crippen LogP contribution is 2.48. The molecule has 0 saturated carbocycles. The quantitative estimate of drug-likeness (QED) is 0.522. The minimum absolute atomic E-state index is 0.116. The standard InChI is InChI=1S/C24H21ClN2O/c1-15-3-7-17(8-4-15)21-14-22-20-13-19(25)11-12-23(20)28-24(27(22)26-21)18-9-5-16(2)6-10-18/h3-13,22,24H,14H2,1-2H3. The molecule has 0 bridgehead atoms. The second-order valence-electron chi connectivity index (χ2n) is 7.58. The molecule has 2 aliphatic heterocycles.